The Morgan fingerprint density at radius 3 is 2.47 bits per heavy atom. The molecule has 2 aliphatic heterocycles. The first-order chi connectivity index (χ1) is 15.4. The number of halogens is 1. The molecule has 0 fully saturated rings. The van der Waals surface area contributed by atoms with Crippen LogP contribution in [0.25, 0.3) is 0 Å². The third-order valence-corrected chi connectivity index (χ3v) is 5.32. The highest BCUT2D eigenvalue weighted by atomic mass is 19.1. The molecule has 0 aliphatic carbocycles. The van der Waals surface area contributed by atoms with Gasteiger partial charge in [-0.3, -0.25) is 14.5 Å². The topological polar surface area (TPSA) is 94.2 Å². The number of nitrogens with one attached hydrogen (secondary N) is 1. The van der Waals surface area contributed by atoms with Crippen LogP contribution in [-0.4, -0.2) is 38.1 Å². The van der Waals surface area contributed by atoms with E-state index in [9.17, 15) is 18.8 Å². The van der Waals surface area contributed by atoms with Crippen molar-refractivity contribution in [3.05, 3.63) is 59.6 Å². The lowest BCUT2D eigenvalue weighted by Gasteiger charge is -2.33. The molecule has 2 aromatic rings. The number of carbonyl (C=O) groups is 3. The van der Waals surface area contributed by atoms with Crippen molar-refractivity contribution >= 4 is 29.2 Å². The maximum Gasteiger partial charge on any atom is 0.336 e. The molecule has 166 valence electrons. The number of amides is 2. The molecule has 4 rings (SSSR count). The largest absolute Gasteiger partial charge is 0.486 e. The van der Waals surface area contributed by atoms with Gasteiger partial charge in [0.1, 0.15) is 19.0 Å². The zero-order valence-electron chi connectivity index (χ0n) is 17.5. The maximum absolute atomic E-state index is 13.3. The van der Waals surface area contributed by atoms with Gasteiger partial charge in [0.15, 0.2) is 11.5 Å². The first-order valence-corrected chi connectivity index (χ1v) is 9.97. The minimum Gasteiger partial charge on any atom is -0.486 e. The van der Waals surface area contributed by atoms with Crippen LogP contribution in [0.5, 0.6) is 11.5 Å². The van der Waals surface area contributed by atoms with Gasteiger partial charge in [0, 0.05) is 29.6 Å². The number of methoxy groups -OCH3 is 1. The fourth-order valence-electron chi connectivity index (χ4n) is 3.83. The summed E-state index contributed by atoms with van der Waals surface area (Å²) in [6.45, 7) is 2.40. The number of hydrogen-bond acceptors (Lipinski definition) is 6. The Labute approximate surface area is 183 Å². The zero-order chi connectivity index (χ0) is 22.8. The van der Waals surface area contributed by atoms with Crippen LogP contribution in [0.1, 0.15) is 13.3 Å². The number of fused-ring (bicyclic) bond motifs is 1. The summed E-state index contributed by atoms with van der Waals surface area (Å²) in [5.74, 6) is -2.09. The summed E-state index contributed by atoms with van der Waals surface area (Å²) in [6, 6.07) is 10.2. The van der Waals surface area contributed by atoms with Crippen LogP contribution in [0.2, 0.25) is 0 Å². The Morgan fingerprint density at radius 1 is 1.09 bits per heavy atom. The molecule has 0 spiro atoms. The quantitative estimate of drug-likeness (QED) is 0.735. The van der Waals surface area contributed by atoms with Crippen LogP contribution in [-0.2, 0) is 19.1 Å². The first-order valence-electron chi connectivity index (χ1n) is 9.97. The molecule has 8 nitrogen and oxygen atoms in total. The monoisotopic (exact) mass is 440 g/mol. The molecule has 1 atom stereocenters. The van der Waals surface area contributed by atoms with Crippen LogP contribution in [0.4, 0.5) is 15.8 Å². The molecule has 0 radical (unpaired) electrons. The lowest BCUT2D eigenvalue weighted by Crippen LogP contribution is -2.43. The summed E-state index contributed by atoms with van der Waals surface area (Å²) in [6.07, 6.45) is -0.254. The number of ether oxygens (including phenoxy) is 3. The molecule has 32 heavy (non-hydrogen) atoms. The molecule has 1 N–H and O–H groups in total. The van der Waals surface area contributed by atoms with E-state index in [-0.39, 0.29) is 17.7 Å². The summed E-state index contributed by atoms with van der Waals surface area (Å²) >= 11 is 0. The van der Waals surface area contributed by atoms with Gasteiger partial charge in [0.05, 0.1) is 18.6 Å². The van der Waals surface area contributed by atoms with Crippen molar-refractivity contribution in [2.24, 2.45) is 5.92 Å². The van der Waals surface area contributed by atoms with Gasteiger partial charge < -0.3 is 19.5 Å². The fraction of sp³-hybridized carbons (Fsp3) is 0.261. The predicted molar refractivity (Wildman–Crippen MR) is 113 cm³/mol. The van der Waals surface area contributed by atoms with E-state index in [1.807, 2.05) is 0 Å². The van der Waals surface area contributed by atoms with Crippen molar-refractivity contribution in [1.29, 1.82) is 0 Å². The molecule has 9 heteroatoms. The SMILES string of the molecule is COC(=O)C1=C(C)N(c2ccc(F)cc2)C(=O)C[C@H]1C(=O)Nc1ccc2c(c1)OCCO2. The number of carbonyl (C=O) groups excluding carboxylic acids is 3. The van der Waals surface area contributed by atoms with E-state index in [0.717, 1.165) is 0 Å². The van der Waals surface area contributed by atoms with Crippen LogP contribution >= 0.6 is 0 Å². The summed E-state index contributed by atoms with van der Waals surface area (Å²) in [7, 11) is 1.21. The highest BCUT2D eigenvalue weighted by Crippen LogP contribution is 2.36. The van der Waals surface area contributed by atoms with E-state index in [1.165, 1.54) is 36.3 Å². The van der Waals surface area contributed by atoms with Gasteiger partial charge in [-0.1, -0.05) is 0 Å². The maximum atomic E-state index is 13.3. The Hall–Kier alpha value is -3.88. The average Bonchev–Trinajstić information content (AvgIpc) is 2.79. The van der Waals surface area contributed by atoms with Crippen LogP contribution < -0.4 is 19.7 Å². The fourth-order valence-corrected chi connectivity index (χ4v) is 3.83. The Bertz CT molecular complexity index is 1110. The van der Waals surface area contributed by atoms with E-state index in [2.05, 4.69) is 5.32 Å². The molecule has 2 heterocycles. The van der Waals surface area contributed by atoms with Crippen molar-refractivity contribution < 1.29 is 33.0 Å². The number of benzene rings is 2. The normalized spacial score (nSPS) is 17.8. The number of esters is 1. The van der Waals surface area contributed by atoms with E-state index >= 15 is 0 Å². The van der Waals surface area contributed by atoms with Crippen LogP contribution in [0.3, 0.4) is 0 Å². The molecule has 0 aromatic heterocycles. The molecule has 0 saturated carbocycles. The van der Waals surface area contributed by atoms with Crippen molar-refractivity contribution in [2.45, 2.75) is 13.3 Å². The van der Waals surface area contributed by atoms with Gasteiger partial charge >= 0.3 is 5.97 Å². The number of allylic oxidation sites excluding steroid dienone is 1. The van der Waals surface area contributed by atoms with E-state index in [4.69, 9.17) is 14.2 Å². The highest BCUT2D eigenvalue weighted by molar-refractivity contribution is 6.10. The third-order valence-electron chi connectivity index (χ3n) is 5.32. The van der Waals surface area contributed by atoms with Gasteiger partial charge in [0.25, 0.3) is 0 Å². The summed E-state index contributed by atoms with van der Waals surface area (Å²) < 4.78 is 29.2. The van der Waals surface area contributed by atoms with Crippen molar-refractivity contribution in [1.82, 2.24) is 0 Å². The Kier molecular flexibility index (Phi) is 5.81. The first kappa shape index (κ1) is 21.4. The van der Waals surface area contributed by atoms with Gasteiger partial charge in [-0.15, -0.1) is 0 Å². The van der Waals surface area contributed by atoms with Crippen LogP contribution in [0, 0.1) is 11.7 Å². The van der Waals surface area contributed by atoms with Crippen molar-refractivity contribution in [3.8, 4) is 11.5 Å². The lowest BCUT2D eigenvalue weighted by molar-refractivity contribution is -0.138. The summed E-state index contributed by atoms with van der Waals surface area (Å²) in [4.78, 5) is 39.9. The highest BCUT2D eigenvalue weighted by Gasteiger charge is 2.40. The van der Waals surface area contributed by atoms with Crippen LogP contribution in [0.15, 0.2) is 53.7 Å². The minimum atomic E-state index is -1.06. The number of nitrogens with zero attached hydrogens (tertiary/aromatic N) is 1. The molecular weight excluding hydrogens is 419 g/mol. The van der Waals surface area contributed by atoms with E-state index in [0.29, 0.717) is 36.1 Å². The van der Waals surface area contributed by atoms with Gasteiger partial charge in [-0.25, -0.2) is 9.18 Å². The second-order valence-electron chi connectivity index (χ2n) is 7.30. The summed E-state index contributed by atoms with van der Waals surface area (Å²) in [5, 5.41) is 2.74. The Balaban J connectivity index is 1.65. The second kappa shape index (κ2) is 8.70. The zero-order valence-corrected chi connectivity index (χ0v) is 17.5. The predicted octanol–water partition coefficient (Wildman–Crippen LogP) is 3.04. The Morgan fingerprint density at radius 2 is 1.78 bits per heavy atom. The second-order valence-corrected chi connectivity index (χ2v) is 7.30. The summed E-state index contributed by atoms with van der Waals surface area (Å²) in [5.41, 5.74) is 1.14. The number of anilines is 2. The van der Waals surface area contributed by atoms with Crippen molar-refractivity contribution in [3.63, 3.8) is 0 Å². The van der Waals surface area contributed by atoms with Crippen molar-refractivity contribution in [2.75, 3.05) is 30.5 Å². The smallest absolute Gasteiger partial charge is 0.336 e. The van der Waals surface area contributed by atoms with Gasteiger partial charge in [0.2, 0.25) is 11.8 Å². The molecule has 0 unspecified atom stereocenters. The molecule has 0 saturated heterocycles. The molecular formula is C23H21FN2O6. The molecule has 2 aromatic carbocycles. The molecule has 2 aliphatic rings. The number of rotatable bonds is 4. The van der Waals surface area contributed by atoms with E-state index in [1.54, 1.807) is 25.1 Å². The number of hydrogen-bond donors (Lipinski definition) is 1. The standard InChI is InChI=1S/C23H21FN2O6/c1-13-21(23(29)30-2)17(12-20(27)26(13)16-6-3-14(24)4-7-16)22(28)25-15-5-8-18-19(11-15)32-10-9-31-18/h3-8,11,17H,9-10,12H2,1-2H3,(H,25,28)/t17-/m1/s1. The lowest BCUT2D eigenvalue weighted by atomic mass is 9.88. The molecule has 2 amide bonds. The third kappa shape index (κ3) is 4.01. The van der Waals surface area contributed by atoms with E-state index < -0.39 is 29.5 Å². The van der Waals surface area contributed by atoms with Gasteiger partial charge in [-0.2, -0.15) is 0 Å². The minimum absolute atomic E-state index is 0.0615. The molecule has 0 bridgehead atoms. The average molecular weight is 440 g/mol. The van der Waals surface area contributed by atoms with Gasteiger partial charge in [-0.05, 0) is 43.3 Å².